The third kappa shape index (κ3) is 4.38. The molecule has 1 aliphatic rings. The van der Waals surface area contributed by atoms with Crippen LogP contribution in [0.15, 0.2) is 63.2 Å². The van der Waals surface area contributed by atoms with Crippen LogP contribution in [0.5, 0.6) is 11.5 Å². The summed E-state index contributed by atoms with van der Waals surface area (Å²) in [5.41, 5.74) is 2.13. The van der Waals surface area contributed by atoms with E-state index in [4.69, 9.17) is 9.47 Å². The molecule has 1 aromatic heterocycles. The van der Waals surface area contributed by atoms with Gasteiger partial charge in [0.05, 0.1) is 34.0 Å². The molecule has 164 valence electrons. The molecule has 0 saturated carbocycles. The number of nitro benzene ring substituents is 1. The molecule has 0 fully saturated rings. The molecule has 0 atom stereocenters. The van der Waals surface area contributed by atoms with E-state index in [1.54, 1.807) is 23.6 Å². The third-order valence-corrected chi connectivity index (χ3v) is 7.03. The number of hydrogen-bond acceptors (Lipinski definition) is 9. The highest BCUT2D eigenvalue weighted by molar-refractivity contribution is 7.94. The Bertz CT molecular complexity index is 1320. The first kappa shape index (κ1) is 21.3. The Hall–Kier alpha value is -3.97. The predicted molar refractivity (Wildman–Crippen MR) is 116 cm³/mol. The molecule has 13 heteroatoms. The van der Waals surface area contributed by atoms with Crippen molar-refractivity contribution >= 4 is 44.9 Å². The molecule has 1 amide bonds. The van der Waals surface area contributed by atoms with Crippen molar-refractivity contribution in [2.75, 3.05) is 11.5 Å². The zero-order valence-electron chi connectivity index (χ0n) is 16.0. The Morgan fingerprint density at radius 1 is 1.16 bits per heavy atom. The summed E-state index contributed by atoms with van der Waals surface area (Å²) < 4.78 is 37.8. The van der Waals surface area contributed by atoms with Crippen molar-refractivity contribution < 1.29 is 27.6 Å². The number of hydrazone groups is 1. The Labute approximate surface area is 185 Å². The maximum absolute atomic E-state index is 12.6. The van der Waals surface area contributed by atoms with Gasteiger partial charge in [-0.3, -0.25) is 19.6 Å². The van der Waals surface area contributed by atoms with Crippen molar-refractivity contribution in [2.45, 2.75) is 4.21 Å². The summed E-state index contributed by atoms with van der Waals surface area (Å²) >= 11 is 1.04. The van der Waals surface area contributed by atoms with Crippen LogP contribution < -0.4 is 19.6 Å². The minimum Gasteiger partial charge on any atom is -0.454 e. The summed E-state index contributed by atoms with van der Waals surface area (Å²) in [5.74, 6) is -0.157. The number of rotatable bonds is 7. The van der Waals surface area contributed by atoms with Crippen molar-refractivity contribution in [3.05, 3.63) is 75.2 Å². The van der Waals surface area contributed by atoms with Gasteiger partial charge < -0.3 is 9.47 Å². The lowest BCUT2D eigenvalue weighted by Gasteiger charge is -2.10. The number of nitrogens with one attached hydrogen (secondary N) is 2. The highest BCUT2D eigenvalue weighted by atomic mass is 32.2. The van der Waals surface area contributed by atoms with Gasteiger partial charge in [-0.15, -0.1) is 11.3 Å². The average molecular weight is 474 g/mol. The first-order valence-electron chi connectivity index (χ1n) is 8.92. The fourth-order valence-electron chi connectivity index (χ4n) is 2.81. The highest BCUT2D eigenvalue weighted by Gasteiger charge is 2.23. The number of anilines is 1. The van der Waals surface area contributed by atoms with Crippen molar-refractivity contribution in [3.8, 4) is 11.5 Å². The van der Waals surface area contributed by atoms with Gasteiger partial charge >= 0.3 is 0 Å². The van der Waals surface area contributed by atoms with Gasteiger partial charge in [-0.25, -0.2) is 13.8 Å². The zero-order chi connectivity index (χ0) is 22.7. The van der Waals surface area contributed by atoms with E-state index in [2.05, 4.69) is 15.2 Å². The number of benzene rings is 2. The fourth-order valence-corrected chi connectivity index (χ4v) is 4.88. The van der Waals surface area contributed by atoms with Gasteiger partial charge in [0.15, 0.2) is 11.5 Å². The summed E-state index contributed by atoms with van der Waals surface area (Å²) in [4.78, 5) is 23.3. The van der Waals surface area contributed by atoms with Crippen LogP contribution in [0.25, 0.3) is 0 Å². The van der Waals surface area contributed by atoms with Gasteiger partial charge in [0.2, 0.25) is 6.79 Å². The number of carbonyl (C=O) groups is 1. The molecule has 0 saturated heterocycles. The lowest BCUT2D eigenvalue weighted by Crippen LogP contribution is -2.21. The fraction of sp³-hybridized carbons (Fsp3) is 0.0526. The van der Waals surface area contributed by atoms with E-state index >= 15 is 0 Å². The van der Waals surface area contributed by atoms with Crippen LogP contribution in [0, 0.1) is 10.1 Å². The second-order valence-electron chi connectivity index (χ2n) is 6.30. The van der Waals surface area contributed by atoms with Crippen molar-refractivity contribution in [1.82, 2.24) is 5.43 Å². The number of thiophene rings is 1. The maximum atomic E-state index is 12.6. The van der Waals surface area contributed by atoms with Gasteiger partial charge in [-0.1, -0.05) is 18.2 Å². The predicted octanol–water partition coefficient (Wildman–Crippen LogP) is 2.95. The summed E-state index contributed by atoms with van der Waals surface area (Å²) in [5, 5.41) is 16.7. The number of hydrogen-bond donors (Lipinski definition) is 2. The molecule has 32 heavy (non-hydrogen) atoms. The lowest BCUT2D eigenvalue weighted by atomic mass is 10.1. The van der Waals surface area contributed by atoms with Crippen molar-refractivity contribution in [1.29, 1.82) is 0 Å². The molecule has 2 aromatic carbocycles. The standard InChI is InChI=1S/C19H14N4O7S2/c24-19(13-4-1-2-5-14(13)22-32(27,28)18-6-3-7-31-18)21-20-10-12-8-16-17(30-11-29-16)9-15(12)23(25)26/h1-10,22H,11H2,(H,21,24). The van der Waals surface area contributed by atoms with Gasteiger partial charge in [0, 0.05) is 0 Å². The smallest absolute Gasteiger partial charge is 0.282 e. The van der Waals surface area contributed by atoms with Gasteiger partial charge in [-0.2, -0.15) is 5.10 Å². The normalized spacial score (nSPS) is 12.6. The van der Waals surface area contributed by atoms with Crippen LogP contribution in [0.2, 0.25) is 0 Å². The minimum atomic E-state index is -3.86. The number of carbonyl (C=O) groups excluding carboxylic acids is 1. The largest absolute Gasteiger partial charge is 0.454 e. The molecule has 0 bridgehead atoms. The first-order chi connectivity index (χ1) is 15.3. The molecule has 2 heterocycles. The number of ether oxygens (including phenoxy) is 2. The van der Waals surface area contributed by atoms with E-state index in [0.717, 1.165) is 17.6 Å². The summed E-state index contributed by atoms with van der Waals surface area (Å²) in [6.45, 7) is -0.0536. The molecule has 4 rings (SSSR count). The molecule has 0 spiro atoms. The first-order valence-corrected chi connectivity index (χ1v) is 11.3. The molecule has 0 unspecified atom stereocenters. The van der Waals surface area contributed by atoms with Crippen LogP contribution in [-0.4, -0.2) is 32.3 Å². The molecule has 3 aromatic rings. The van der Waals surface area contributed by atoms with E-state index in [0.29, 0.717) is 5.75 Å². The summed E-state index contributed by atoms with van der Waals surface area (Å²) in [6, 6.07) is 11.6. The van der Waals surface area contributed by atoms with E-state index < -0.39 is 20.9 Å². The number of sulfonamides is 1. The molecule has 0 radical (unpaired) electrons. The number of para-hydroxylation sites is 1. The SMILES string of the molecule is O=C(NN=Cc1cc2c(cc1[N+](=O)[O-])OCO2)c1ccccc1NS(=O)(=O)c1cccs1. The van der Waals surface area contributed by atoms with Gasteiger partial charge in [0.1, 0.15) is 4.21 Å². The van der Waals surface area contributed by atoms with Crippen LogP contribution in [0.1, 0.15) is 15.9 Å². The quantitative estimate of drug-likeness (QED) is 0.304. The Balaban J connectivity index is 1.54. The number of nitrogens with zero attached hydrogens (tertiary/aromatic N) is 2. The summed E-state index contributed by atoms with van der Waals surface area (Å²) in [6.07, 6.45) is 1.09. The molecular weight excluding hydrogens is 460 g/mol. The van der Waals surface area contributed by atoms with Crippen LogP contribution >= 0.6 is 11.3 Å². The number of nitro groups is 1. The van der Waals surface area contributed by atoms with Crippen molar-refractivity contribution in [2.24, 2.45) is 5.10 Å². The Morgan fingerprint density at radius 3 is 2.62 bits per heavy atom. The van der Waals surface area contributed by atoms with E-state index in [1.165, 1.54) is 30.3 Å². The number of amides is 1. The van der Waals surface area contributed by atoms with E-state index in [1.807, 2.05) is 0 Å². The topological polar surface area (TPSA) is 149 Å². The second-order valence-corrected chi connectivity index (χ2v) is 9.16. The minimum absolute atomic E-state index is 0.0185. The molecule has 1 aliphatic heterocycles. The second kappa shape index (κ2) is 8.64. The molecule has 0 aliphatic carbocycles. The monoisotopic (exact) mass is 474 g/mol. The van der Waals surface area contributed by atoms with Crippen LogP contribution in [0.4, 0.5) is 11.4 Å². The molecule has 11 nitrogen and oxygen atoms in total. The average Bonchev–Trinajstić information content (AvgIpc) is 3.45. The highest BCUT2D eigenvalue weighted by Crippen LogP contribution is 2.37. The lowest BCUT2D eigenvalue weighted by molar-refractivity contribution is -0.385. The summed E-state index contributed by atoms with van der Waals surface area (Å²) in [7, 11) is -3.86. The van der Waals surface area contributed by atoms with E-state index in [9.17, 15) is 23.3 Å². The van der Waals surface area contributed by atoms with Crippen molar-refractivity contribution in [3.63, 3.8) is 0 Å². The third-order valence-electron chi connectivity index (χ3n) is 4.26. The molecule has 2 N–H and O–H groups in total. The molecular formula is C19H14N4O7S2. The maximum Gasteiger partial charge on any atom is 0.282 e. The Kier molecular flexibility index (Phi) is 5.75. The Morgan fingerprint density at radius 2 is 1.91 bits per heavy atom. The van der Waals surface area contributed by atoms with E-state index in [-0.39, 0.29) is 39.3 Å². The van der Waals surface area contributed by atoms with Crippen LogP contribution in [0.3, 0.4) is 0 Å². The number of fused-ring (bicyclic) bond motifs is 1. The zero-order valence-corrected chi connectivity index (χ0v) is 17.7. The van der Waals surface area contributed by atoms with Gasteiger partial charge in [-0.05, 0) is 29.6 Å². The van der Waals surface area contributed by atoms with Crippen LogP contribution in [-0.2, 0) is 10.0 Å². The van der Waals surface area contributed by atoms with Gasteiger partial charge in [0.25, 0.3) is 21.6 Å².